The quantitative estimate of drug-likeness (QED) is 0.840. The highest BCUT2D eigenvalue weighted by molar-refractivity contribution is 7.18. The Labute approximate surface area is 133 Å². The molecule has 0 aliphatic carbocycles. The molecule has 0 aliphatic rings. The first-order valence-electron chi connectivity index (χ1n) is 6.79. The summed E-state index contributed by atoms with van der Waals surface area (Å²) in [5, 5.41) is 2.88. The van der Waals surface area contributed by atoms with Crippen LogP contribution in [-0.4, -0.2) is 50.2 Å². The Bertz CT molecular complexity index is 580. The molecule has 1 aromatic heterocycles. The summed E-state index contributed by atoms with van der Waals surface area (Å²) in [5.74, 6) is -1.11. The molecular formula is C14H20N2O5S. The average Bonchev–Trinajstić information content (AvgIpc) is 2.76. The van der Waals surface area contributed by atoms with Crippen LogP contribution in [-0.2, 0) is 9.47 Å². The lowest BCUT2D eigenvalue weighted by molar-refractivity contribution is 0.0527. The van der Waals surface area contributed by atoms with Crippen LogP contribution in [0.1, 0.15) is 39.4 Å². The third kappa shape index (κ3) is 3.97. The number of ether oxygens (including phenoxy) is 2. The van der Waals surface area contributed by atoms with Crippen molar-refractivity contribution in [3.05, 3.63) is 16.0 Å². The van der Waals surface area contributed by atoms with Crippen molar-refractivity contribution in [1.29, 1.82) is 0 Å². The van der Waals surface area contributed by atoms with Crippen molar-refractivity contribution in [1.82, 2.24) is 4.90 Å². The fourth-order valence-corrected chi connectivity index (χ4v) is 2.73. The summed E-state index contributed by atoms with van der Waals surface area (Å²) in [6.45, 7) is 5.43. The van der Waals surface area contributed by atoms with Crippen LogP contribution < -0.4 is 5.32 Å². The van der Waals surface area contributed by atoms with Gasteiger partial charge in [0.1, 0.15) is 9.88 Å². The van der Waals surface area contributed by atoms with Crippen molar-refractivity contribution >= 4 is 34.3 Å². The average molecular weight is 328 g/mol. The molecule has 1 N–H and O–H groups in total. The Morgan fingerprint density at radius 2 is 1.64 bits per heavy atom. The van der Waals surface area contributed by atoms with Gasteiger partial charge >= 0.3 is 18.0 Å². The molecule has 8 heteroatoms. The number of nitrogens with one attached hydrogen (secondary N) is 1. The lowest BCUT2D eigenvalue weighted by Crippen LogP contribution is -2.27. The highest BCUT2D eigenvalue weighted by atomic mass is 32.1. The molecule has 0 aliphatic heterocycles. The molecule has 0 bridgehead atoms. The second-order valence-corrected chi connectivity index (χ2v) is 5.55. The number of nitrogens with zero attached hydrogens (tertiary/aromatic N) is 1. The number of hydrogen-bond acceptors (Lipinski definition) is 6. The van der Waals surface area contributed by atoms with Crippen LogP contribution in [0.5, 0.6) is 0 Å². The van der Waals surface area contributed by atoms with Gasteiger partial charge in [-0.15, -0.1) is 11.3 Å². The van der Waals surface area contributed by atoms with E-state index in [1.165, 1.54) is 4.90 Å². The minimum Gasteiger partial charge on any atom is -0.462 e. The van der Waals surface area contributed by atoms with Gasteiger partial charge in [-0.25, -0.2) is 14.4 Å². The molecule has 7 nitrogen and oxygen atoms in total. The van der Waals surface area contributed by atoms with Gasteiger partial charge in [0.25, 0.3) is 0 Å². The largest absolute Gasteiger partial charge is 0.462 e. The maximum absolute atomic E-state index is 12.1. The van der Waals surface area contributed by atoms with E-state index in [0.717, 1.165) is 11.3 Å². The number of amides is 2. The van der Waals surface area contributed by atoms with Gasteiger partial charge in [0.2, 0.25) is 0 Å². The number of rotatable bonds is 5. The number of urea groups is 1. The van der Waals surface area contributed by atoms with E-state index in [1.54, 1.807) is 34.9 Å². The maximum Gasteiger partial charge on any atom is 0.348 e. The minimum absolute atomic E-state index is 0.185. The molecule has 2 amide bonds. The Balaban J connectivity index is 3.27. The first kappa shape index (κ1) is 18.0. The Morgan fingerprint density at radius 3 is 2.14 bits per heavy atom. The normalized spacial score (nSPS) is 10.0. The fraction of sp³-hybridized carbons (Fsp3) is 0.500. The molecule has 0 saturated carbocycles. The molecular weight excluding hydrogens is 308 g/mol. The highest BCUT2D eigenvalue weighted by Gasteiger charge is 2.27. The van der Waals surface area contributed by atoms with Gasteiger partial charge in [0.05, 0.1) is 18.8 Å². The van der Waals surface area contributed by atoms with Gasteiger partial charge in [-0.05, 0) is 26.3 Å². The lowest BCUT2D eigenvalue weighted by Gasteiger charge is -2.12. The van der Waals surface area contributed by atoms with Crippen molar-refractivity contribution in [3.8, 4) is 0 Å². The molecule has 1 aromatic rings. The molecule has 0 spiro atoms. The van der Waals surface area contributed by atoms with Crippen LogP contribution >= 0.6 is 11.3 Å². The zero-order valence-corrected chi connectivity index (χ0v) is 14.1. The van der Waals surface area contributed by atoms with Crippen LogP contribution in [0.3, 0.4) is 0 Å². The molecule has 0 radical (unpaired) electrons. The molecule has 22 heavy (non-hydrogen) atoms. The number of carbonyl (C=O) groups excluding carboxylic acids is 3. The Hall–Kier alpha value is -2.09. The van der Waals surface area contributed by atoms with Gasteiger partial charge in [-0.2, -0.15) is 0 Å². The number of anilines is 1. The number of esters is 2. The smallest absolute Gasteiger partial charge is 0.348 e. The van der Waals surface area contributed by atoms with Crippen molar-refractivity contribution in [2.75, 3.05) is 32.6 Å². The van der Waals surface area contributed by atoms with Crippen LogP contribution in [0.4, 0.5) is 9.80 Å². The summed E-state index contributed by atoms with van der Waals surface area (Å²) < 4.78 is 9.96. The van der Waals surface area contributed by atoms with E-state index in [-0.39, 0.29) is 28.7 Å². The summed E-state index contributed by atoms with van der Waals surface area (Å²) >= 11 is 1.00. The van der Waals surface area contributed by atoms with E-state index in [4.69, 9.17) is 9.47 Å². The first-order chi connectivity index (χ1) is 10.3. The summed E-state index contributed by atoms with van der Waals surface area (Å²) in [7, 11) is 3.15. The molecule has 0 atom stereocenters. The van der Waals surface area contributed by atoms with E-state index in [1.807, 2.05) is 0 Å². The van der Waals surface area contributed by atoms with Crippen LogP contribution in [0, 0.1) is 6.92 Å². The van der Waals surface area contributed by atoms with Crippen LogP contribution in [0.25, 0.3) is 0 Å². The maximum atomic E-state index is 12.1. The highest BCUT2D eigenvalue weighted by Crippen LogP contribution is 2.34. The van der Waals surface area contributed by atoms with E-state index >= 15 is 0 Å². The summed E-state index contributed by atoms with van der Waals surface area (Å²) in [6.07, 6.45) is 0. The number of thiophene rings is 1. The summed E-state index contributed by atoms with van der Waals surface area (Å²) in [6, 6.07) is -0.401. The summed E-state index contributed by atoms with van der Waals surface area (Å²) in [4.78, 5) is 37.5. The Kier molecular flexibility index (Phi) is 6.36. The standard InChI is InChI=1S/C14H20N2O5S/c1-6-20-12(17)9-8(3)10(13(18)21-7-2)22-11(9)15-14(19)16(4)5/h6-7H2,1-5H3,(H,15,19). The predicted octanol–water partition coefficient (Wildman–Crippen LogP) is 2.50. The molecule has 0 fully saturated rings. The topological polar surface area (TPSA) is 84.9 Å². The monoisotopic (exact) mass is 328 g/mol. The van der Waals surface area contributed by atoms with Gasteiger partial charge in [-0.1, -0.05) is 0 Å². The molecule has 0 aromatic carbocycles. The first-order valence-corrected chi connectivity index (χ1v) is 7.60. The zero-order chi connectivity index (χ0) is 16.9. The number of carbonyl (C=O) groups is 3. The molecule has 1 rings (SSSR count). The zero-order valence-electron chi connectivity index (χ0n) is 13.3. The molecule has 0 unspecified atom stereocenters. The fourth-order valence-electron chi connectivity index (χ4n) is 1.65. The van der Waals surface area contributed by atoms with E-state index < -0.39 is 18.0 Å². The molecule has 0 saturated heterocycles. The Morgan fingerprint density at radius 1 is 1.09 bits per heavy atom. The van der Waals surface area contributed by atoms with Crippen molar-refractivity contribution < 1.29 is 23.9 Å². The van der Waals surface area contributed by atoms with Crippen molar-refractivity contribution in [2.24, 2.45) is 0 Å². The second kappa shape index (κ2) is 7.79. The van der Waals surface area contributed by atoms with Crippen LogP contribution in [0.2, 0.25) is 0 Å². The third-order valence-electron chi connectivity index (χ3n) is 2.71. The van der Waals surface area contributed by atoms with E-state index in [0.29, 0.717) is 5.56 Å². The van der Waals surface area contributed by atoms with Gasteiger partial charge in [0, 0.05) is 14.1 Å². The summed E-state index contributed by atoms with van der Waals surface area (Å²) in [5.41, 5.74) is 0.626. The SMILES string of the molecule is CCOC(=O)c1sc(NC(=O)N(C)C)c(C(=O)OCC)c1C. The molecule has 122 valence electrons. The third-order valence-corrected chi connectivity index (χ3v) is 3.90. The van der Waals surface area contributed by atoms with E-state index in [2.05, 4.69) is 5.32 Å². The van der Waals surface area contributed by atoms with Crippen LogP contribution in [0.15, 0.2) is 0 Å². The lowest BCUT2D eigenvalue weighted by atomic mass is 10.1. The van der Waals surface area contributed by atoms with E-state index in [9.17, 15) is 14.4 Å². The predicted molar refractivity (Wildman–Crippen MR) is 83.7 cm³/mol. The second-order valence-electron chi connectivity index (χ2n) is 4.53. The van der Waals surface area contributed by atoms with Gasteiger partial charge in [-0.3, -0.25) is 5.32 Å². The minimum atomic E-state index is -0.583. The number of hydrogen-bond donors (Lipinski definition) is 1. The molecule has 1 heterocycles. The van der Waals surface area contributed by atoms with Crippen molar-refractivity contribution in [2.45, 2.75) is 20.8 Å². The van der Waals surface area contributed by atoms with Gasteiger partial charge < -0.3 is 14.4 Å². The van der Waals surface area contributed by atoms with Crippen molar-refractivity contribution in [3.63, 3.8) is 0 Å². The van der Waals surface area contributed by atoms with Gasteiger partial charge in [0.15, 0.2) is 0 Å².